The summed E-state index contributed by atoms with van der Waals surface area (Å²) in [4.78, 5) is 31.5. The number of nitrogens with zero attached hydrogens (tertiary/aromatic N) is 3. The second kappa shape index (κ2) is 14.0. The Labute approximate surface area is 245 Å². The summed E-state index contributed by atoms with van der Waals surface area (Å²) in [6, 6.07) is 18.6. The van der Waals surface area contributed by atoms with Gasteiger partial charge in [0.1, 0.15) is 12.4 Å². The Morgan fingerprint density at radius 2 is 1.63 bits per heavy atom. The smallest absolute Gasteiger partial charge is 0.254 e. The van der Waals surface area contributed by atoms with Gasteiger partial charge in [0.15, 0.2) is 0 Å². The zero-order valence-corrected chi connectivity index (χ0v) is 25.2. The van der Waals surface area contributed by atoms with Gasteiger partial charge >= 0.3 is 0 Å². The van der Waals surface area contributed by atoms with Gasteiger partial charge in [-0.05, 0) is 72.2 Å². The predicted octanol–water partition coefficient (Wildman–Crippen LogP) is 7.58. The first-order valence-corrected chi connectivity index (χ1v) is 15.2. The Bertz CT molecular complexity index is 1270. The number of hydrogen-bond donors (Lipinski definition) is 0. The van der Waals surface area contributed by atoms with Crippen LogP contribution in [0.15, 0.2) is 66.9 Å². The van der Waals surface area contributed by atoms with E-state index in [1.54, 1.807) is 17.0 Å². The molecule has 0 aliphatic heterocycles. The van der Waals surface area contributed by atoms with Crippen LogP contribution in [-0.2, 0) is 23.3 Å². The van der Waals surface area contributed by atoms with Crippen molar-refractivity contribution in [3.8, 4) is 0 Å². The number of amides is 2. The maximum Gasteiger partial charge on any atom is 0.254 e. The number of unbranched alkanes of at least 4 members (excludes halogenated alkanes) is 1. The van der Waals surface area contributed by atoms with Gasteiger partial charge in [0, 0.05) is 36.6 Å². The van der Waals surface area contributed by atoms with Crippen LogP contribution in [0.5, 0.6) is 0 Å². The van der Waals surface area contributed by atoms with Crippen molar-refractivity contribution >= 4 is 11.8 Å². The van der Waals surface area contributed by atoms with Gasteiger partial charge in [-0.3, -0.25) is 9.59 Å². The van der Waals surface area contributed by atoms with Gasteiger partial charge in [-0.15, -0.1) is 0 Å². The maximum absolute atomic E-state index is 14.1. The number of rotatable bonds is 11. The summed E-state index contributed by atoms with van der Waals surface area (Å²) in [5.41, 5.74) is 3.86. The molecule has 2 amide bonds. The molecule has 1 aliphatic carbocycles. The lowest BCUT2D eigenvalue weighted by Crippen LogP contribution is -2.47. The quantitative estimate of drug-likeness (QED) is 0.243. The maximum atomic E-state index is 14.1. The molecule has 5 nitrogen and oxygen atoms in total. The third-order valence-electron chi connectivity index (χ3n) is 8.25. The lowest BCUT2D eigenvalue weighted by Gasteiger charge is -2.36. The highest BCUT2D eigenvalue weighted by atomic mass is 19.1. The van der Waals surface area contributed by atoms with E-state index in [9.17, 15) is 14.0 Å². The normalized spacial score (nSPS) is 14.2. The molecule has 0 N–H and O–H groups in total. The van der Waals surface area contributed by atoms with Crippen LogP contribution < -0.4 is 0 Å². The van der Waals surface area contributed by atoms with Crippen LogP contribution >= 0.6 is 0 Å². The predicted molar refractivity (Wildman–Crippen MR) is 163 cm³/mol. The lowest BCUT2D eigenvalue weighted by atomic mass is 9.86. The summed E-state index contributed by atoms with van der Waals surface area (Å²) in [6.07, 6.45) is 9.22. The van der Waals surface area contributed by atoms with Crippen LogP contribution in [0.25, 0.3) is 0 Å². The molecular weight excluding hydrogens is 513 g/mol. The monoisotopic (exact) mass is 559 g/mol. The molecule has 3 aromatic rings. The van der Waals surface area contributed by atoms with Crippen LogP contribution in [0.4, 0.5) is 4.39 Å². The molecule has 1 heterocycles. The van der Waals surface area contributed by atoms with Crippen molar-refractivity contribution in [2.24, 2.45) is 0 Å². The number of carbonyl (C=O) groups excluding carboxylic acids is 2. The standard InChI is InChI=1S/C35H46FN3O2/c1-5-6-22-38(34(41)28-16-18-29(19-17-28)35(2,3)4)26-33(40)39(31-11-8-7-9-12-31)25-32-13-10-23-37(32)24-27-14-20-30(36)21-15-27/h10,13-21,23,31H,5-9,11-12,22,24-26H2,1-4H3. The summed E-state index contributed by atoms with van der Waals surface area (Å²) in [5, 5.41) is 0. The van der Waals surface area contributed by atoms with Crippen molar-refractivity contribution in [2.45, 2.75) is 97.2 Å². The molecule has 0 spiro atoms. The van der Waals surface area contributed by atoms with E-state index >= 15 is 0 Å². The number of carbonyl (C=O) groups is 2. The van der Waals surface area contributed by atoms with Crippen LogP contribution in [0.2, 0.25) is 0 Å². The van der Waals surface area contributed by atoms with Gasteiger partial charge in [-0.1, -0.05) is 77.6 Å². The zero-order chi connectivity index (χ0) is 29.4. The molecule has 0 unspecified atom stereocenters. The molecule has 1 aliphatic rings. The van der Waals surface area contributed by atoms with Gasteiger partial charge in [0.2, 0.25) is 5.91 Å². The fraction of sp³-hybridized carbons (Fsp3) is 0.486. The molecule has 0 radical (unpaired) electrons. The van der Waals surface area contributed by atoms with Gasteiger partial charge < -0.3 is 14.4 Å². The molecule has 2 aromatic carbocycles. The molecule has 1 fully saturated rings. The Kier molecular flexibility index (Phi) is 10.4. The highest BCUT2D eigenvalue weighted by Crippen LogP contribution is 2.26. The van der Waals surface area contributed by atoms with Crippen molar-refractivity contribution in [1.82, 2.24) is 14.4 Å². The lowest BCUT2D eigenvalue weighted by molar-refractivity contribution is -0.135. The molecule has 4 rings (SSSR count). The molecule has 0 saturated heterocycles. The highest BCUT2D eigenvalue weighted by Gasteiger charge is 2.29. The van der Waals surface area contributed by atoms with Crippen molar-refractivity contribution < 1.29 is 14.0 Å². The topological polar surface area (TPSA) is 45.6 Å². The van der Waals surface area contributed by atoms with E-state index in [0.29, 0.717) is 25.2 Å². The molecular formula is C35H46FN3O2. The molecule has 1 aromatic heterocycles. The molecule has 6 heteroatoms. The SMILES string of the molecule is CCCCN(CC(=O)N(Cc1cccn1Cc1ccc(F)cc1)C1CCCCC1)C(=O)c1ccc(C(C)(C)C)cc1. The van der Waals surface area contributed by atoms with Gasteiger partial charge in [-0.2, -0.15) is 0 Å². The molecule has 220 valence electrons. The summed E-state index contributed by atoms with van der Waals surface area (Å²) in [6.45, 7) is 10.3. The summed E-state index contributed by atoms with van der Waals surface area (Å²) < 4.78 is 15.6. The Morgan fingerprint density at radius 1 is 0.951 bits per heavy atom. The first-order chi connectivity index (χ1) is 19.7. The van der Waals surface area contributed by atoms with Crippen molar-refractivity contribution in [3.05, 3.63) is 95.1 Å². The number of halogens is 1. The summed E-state index contributed by atoms with van der Waals surface area (Å²) >= 11 is 0. The van der Waals surface area contributed by atoms with Crippen molar-refractivity contribution in [2.75, 3.05) is 13.1 Å². The average molecular weight is 560 g/mol. The second-order valence-electron chi connectivity index (χ2n) is 12.5. The van der Waals surface area contributed by atoms with E-state index < -0.39 is 0 Å². The van der Waals surface area contributed by atoms with E-state index in [-0.39, 0.29) is 35.6 Å². The van der Waals surface area contributed by atoms with Gasteiger partial charge in [0.05, 0.1) is 6.54 Å². The van der Waals surface area contributed by atoms with Crippen LogP contribution in [0, 0.1) is 5.82 Å². The second-order valence-corrected chi connectivity index (χ2v) is 12.5. The van der Waals surface area contributed by atoms with E-state index in [4.69, 9.17) is 0 Å². The van der Waals surface area contributed by atoms with E-state index in [0.717, 1.165) is 49.8 Å². The number of hydrogen-bond acceptors (Lipinski definition) is 2. The minimum Gasteiger partial charge on any atom is -0.345 e. The Balaban J connectivity index is 1.54. The highest BCUT2D eigenvalue weighted by molar-refractivity contribution is 5.96. The van der Waals surface area contributed by atoms with Crippen molar-refractivity contribution in [3.63, 3.8) is 0 Å². The van der Waals surface area contributed by atoms with E-state index in [2.05, 4.69) is 38.3 Å². The minimum absolute atomic E-state index is 0.00203. The third kappa shape index (κ3) is 8.31. The van der Waals surface area contributed by atoms with E-state index in [1.165, 1.54) is 24.1 Å². The summed E-state index contributed by atoms with van der Waals surface area (Å²) in [5.74, 6) is -0.333. The third-order valence-corrected chi connectivity index (χ3v) is 8.25. The molecule has 41 heavy (non-hydrogen) atoms. The fourth-order valence-corrected chi connectivity index (χ4v) is 5.67. The molecule has 0 atom stereocenters. The Hall–Kier alpha value is -3.41. The Morgan fingerprint density at radius 3 is 2.27 bits per heavy atom. The fourth-order valence-electron chi connectivity index (χ4n) is 5.67. The van der Waals surface area contributed by atoms with Crippen LogP contribution in [0.1, 0.15) is 99.8 Å². The average Bonchev–Trinajstić information content (AvgIpc) is 3.41. The first kappa shape index (κ1) is 30.5. The van der Waals surface area contributed by atoms with Gasteiger partial charge in [0.25, 0.3) is 5.91 Å². The molecule has 1 saturated carbocycles. The van der Waals surface area contributed by atoms with Crippen LogP contribution in [-0.4, -0.2) is 45.3 Å². The largest absolute Gasteiger partial charge is 0.345 e. The first-order valence-electron chi connectivity index (χ1n) is 15.2. The van der Waals surface area contributed by atoms with Crippen molar-refractivity contribution in [1.29, 1.82) is 0 Å². The molecule has 0 bridgehead atoms. The zero-order valence-electron chi connectivity index (χ0n) is 25.2. The van der Waals surface area contributed by atoms with Gasteiger partial charge in [-0.25, -0.2) is 4.39 Å². The van der Waals surface area contributed by atoms with Crippen LogP contribution in [0.3, 0.4) is 0 Å². The number of aromatic nitrogens is 1. The number of benzene rings is 2. The van der Waals surface area contributed by atoms with E-state index in [1.807, 2.05) is 41.4 Å². The summed E-state index contributed by atoms with van der Waals surface area (Å²) in [7, 11) is 0. The minimum atomic E-state index is -0.247.